The van der Waals surface area contributed by atoms with E-state index in [0.717, 1.165) is 17.8 Å². The number of aliphatic hydroxyl groups excluding tert-OH is 1. The largest absolute Gasteiger partial charge is 0.393 e. The van der Waals surface area contributed by atoms with Crippen molar-refractivity contribution in [1.29, 1.82) is 0 Å². The standard InChI is InChI=1S/C15H20N2O3S/c1-9-8-17(7-6-11(9)18)15(20)12-4-5-13(21-12)16-14(19)10-2-3-10/h4-5,9-11,18H,2-3,6-8H2,1H3,(H,16,19). The van der Waals surface area contributed by atoms with Crippen LogP contribution < -0.4 is 5.32 Å². The second-order valence-electron chi connectivity index (χ2n) is 6.01. The average molecular weight is 308 g/mol. The van der Waals surface area contributed by atoms with E-state index in [1.165, 1.54) is 11.3 Å². The zero-order valence-corrected chi connectivity index (χ0v) is 12.9. The summed E-state index contributed by atoms with van der Waals surface area (Å²) in [5, 5.41) is 13.3. The van der Waals surface area contributed by atoms with E-state index in [1.807, 2.05) is 6.92 Å². The van der Waals surface area contributed by atoms with E-state index >= 15 is 0 Å². The normalized spacial score (nSPS) is 25.7. The number of hydrogen-bond donors (Lipinski definition) is 2. The van der Waals surface area contributed by atoms with E-state index in [1.54, 1.807) is 17.0 Å². The molecule has 2 unspecified atom stereocenters. The van der Waals surface area contributed by atoms with Crippen molar-refractivity contribution < 1.29 is 14.7 Å². The molecule has 1 saturated heterocycles. The Morgan fingerprint density at radius 2 is 2.10 bits per heavy atom. The van der Waals surface area contributed by atoms with Crippen molar-refractivity contribution >= 4 is 28.2 Å². The topological polar surface area (TPSA) is 69.6 Å². The summed E-state index contributed by atoms with van der Waals surface area (Å²) in [5.41, 5.74) is 0. The van der Waals surface area contributed by atoms with Crippen molar-refractivity contribution in [3.63, 3.8) is 0 Å². The summed E-state index contributed by atoms with van der Waals surface area (Å²) in [5.74, 6) is 0.323. The molecule has 1 aliphatic carbocycles. The third-order valence-electron chi connectivity index (χ3n) is 4.16. The molecule has 0 radical (unpaired) electrons. The van der Waals surface area contributed by atoms with E-state index in [0.29, 0.717) is 24.4 Å². The smallest absolute Gasteiger partial charge is 0.264 e. The van der Waals surface area contributed by atoms with Gasteiger partial charge in [0.1, 0.15) is 0 Å². The number of carbonyl (C=O) groups excluding carboxylic acids is 2. The van der Waals surface area contributed by atoms with Gasteiger partial charge >= 0.3 is 0 Å². The van der Waals surface area contributed by atoms with Gasteiger partial charge in [-0.3, -0.25) is 9.59 Å². The van der Waals surface area contributed by atoms with Crippen molar-refractivity contribution in [2.45, 2.75) is 32.3 Å². The lowest BCUT2D eigenvalue weighted by molar-refractivity contribution is -0.117. The first kappa shape index (κ1) is 14.5. The third kappa shape index (κ3) is 3.27. The maximum absolute atomic E-state index is 12.4. The van der Waals surface area contributed by atoms with Crippen LogP contribution in [0.5, 0.6) is 0 Å². The van der Waals surface area contributed by atoms with Gasteiger partial charge in [0, 0.05) is 19.0 Å². The second-order valence-corrected chi connectivity index (χ2v) is 7.10. The summed E-state index contributed by atoms with van der Waals surface area (Å²) in [6, 6.07) is 3.56. The van der Waals surface area contributed by atoms with Crippen LogP contribution in [0.1, 0.15) is 35.9 Å². The van der Waals surface area contributed by atoms with Gasteiger partial charge in [0.15, 0.2) is 0 Å². The zero-order valence-electron chi connectivity index (χ0n) is 12.0. The van der Waals surface area contributed by atoms with E-state index < -0.39 is 0 Å². The van der Waals surface area contributed by atoms with Gasteiger partial charge in [-0.05, 0) is 37.3 Å². The van der Waals surface area contributed by atoms with Gasteiger partial charge in [0.25, 0.3) is 5.91 Å². The Kier molecular flexibility index (Phi) is 3.99. The Balaban J connectivity index is 1.62. The number of amides is 2. The quantitative estimate of drug-likeness (QED) is 0.896. The summed E-state index contributed by atoms with van der Waals surface area (Å²) in [7, 11) is 0. The molecule has 3 rings (SSSR count). The molecule has 5 nitrogen and oxygen atoms in total. The number of nitrogens with zero attached hydrogens (tertiary/aromatic N) is 1. The number of thiophene rings is 1. The molecular weight excluding hydrogens is 288 g/mol. The van der Waals surface area contributed by atoms with Crippen LogP contribution in [0.4, 0.5) is 5.00 Å². The fourth-order valence-corrected chi connectivity index (χ4v) is 3.44. The van der Waals surface area contributed by atoms with Gasteiger partial charge in [-0.15, -0.1) is 11.3 Å². The lowest BCUT2D eigenvalue weighted by Crippen LogP contribution is -2.44. The van der Waals surface area contributed by atoms with Crippen molar-refractivity contribution in [2.75, 3.05) is 18.4 Å². The average Bonchev–Trinajstić information content (AvgIpc) is 3.22. The van der Waals surface area contributed by atoms with Crippen LogP contribution in [0, 0.1) is 11.8 Å². The SMILES string of the molecule is CC1CN(C(=O)c2ccc(NC(=O)C3CC3)s2)CCC1O. The minimum atomic E-state index is -0.314. The predicted octanol–water partition coefficient (Wildman–Crippen LogP) is 1.94. The summed E-state index contributed by atoms with van der Waals surface area (Å²) in [6.45, 7) is 3.13. The minimum Gasteiger partial charge on any atom is -0.393 e. The van der Waals surface area contributed by atoms with E-state index in [-0.39, 0.29) is 29.8 Å². The molecule has 0 spiro atoms. The van der Waals surface area contributed by atoms with Crippen LogP contribution >= 0.6 is 11.3 Å². The van der Waals surface area contributed by atoms with Gasteiger partial charge in [-0.2, -0.15) is 0 Å². The molecule has 6 heteroatoms. The van der Waals surface area contributed by atoms with Gasteiger partial charge in [0.2, 0.25) is 5.91 Å². The Morgan fingerprint density at radius 3 is 2.76 bits per heavy atom. The first-order valence-electron chi connectivity index (χ1n) is 7.42. The first-order chi connectivity index (χ1) is 10.0. The van der Waals surface area contributed by atoms with E-state index in [9.17, 15) is 14.7 Å². The number of anilines is 1. The molecule has 0 bridgehead atoms. The molecule has 1 saturated carbocycles. The highest BCUT2D eigenvalue weighted by Gasteiger charge is 2.31. The van der Waals surface area contributed by atoms with Crippen molar-refractivity contribution in [1.82, 2.24) is 4.90 Å². The molecule has 2 amide bonds. The highest BCUT2D eigenvalue weighted by molar-refractivity contribution is 7.18. The summed E-state index contributed by atoms with van der Waals surface area (Å²) < 4.78 is 0. The number of carbonyl (C=O) groups is 2. The molecular formula is C15H20N2O3S. The number of aliphatic hydroxyl groups is 1. The Labute approximate surface area is 128 Å². The fourth-order valence-electron chi connectivity index (χ4n) is 2.56. The van der Waals surface area contributed by atoms with Crippen molar-refractivity contribution in [3.05, 3.63) is 17.0 Å². The molecule has 1 aromatic rings. The minimum absolute atomic E-state index is 0.00864. The Bertz CT molecular complexity index is 553. The van der Waals surface area contributed by atoms with Crippen LogP contribution in [-0.4, -0.2) is 41.0 Å². The van der Waals surface area contributed by atoms with Gasteiger partial charge in [0.05, 0.1) is 16.0 Å². The molecule has 0 aromatic carbocycles. The number of likely N-dealkylation sites (tertiary alicyclic amines) is 1. The molecule has 2 heterocycles. The maximum atomic E-state index is 12.4. The third-order valence-corrected chi connectivity index (χ3v) is 5.15. The Hall–Kier alpha value is -1.40. The van der Waals surface area contributed by atoms with Crippen LogP contribution in [0.25, 0.3) is 0 Å². The van der Waals surface area contributed by atoms with Crippen molar-refractivity contribution in [3.8, 4) is 0 Å². The predicted molar refractivity (Wildman–Crippen MR) is 81.4 cm³/mol. The van der Waals surface area contributed by atoms with Gasteiger partial charge in [-0.25, -0.2) is 0 Å². The molecule has 2 fully saturated rings. The first-order valence-corrected chi connectivity index (χ1v) is 8.24. The van der Waals surface area contributed by atoms with E-state index in [4.69, 9.17) is 0 Å². The molecule has 2 atom stereocenters. The van der Waals surface area contributed by atoms with E-state index in [2.05, 4.69) is 5.32 Å². The highest BCUT2D eigenvalue weighted by atomic mass is 32.1. The zero-order chi connectivity index (χ0) is 15.0. The summed E-state index contributed by atoms with van der Waals surface area (Å²) in [6.07, 6.45) is 2.25. The Morgan fingerprint density at radius 1 is 1.33 bits per heavy atom. The van der Waals surface area contributed by atoms with Crippen LogP contribution in [0.2, 0.25) is 0 Å². The summed E-state index contributed by atoms with van der Waals surface area (Å²) in [4.78, 5) is 26.6. The highest BCUT2D eigenvalue weighted by Crippen LogP contribution is 2.32. The number of piperidine rings is 1. The molecule has 1 aliphatic heterocycles. The van der Waals surface area contributed by atoms with Crippen LogP contribution in [-0.2, 0) is 4.79 Å². The number of hydrogen-bond acceptors (Lipinski definition) is 4. The maximum Gasteiger partial charge on any atom is 0.264 e. The summed E-state index contributed by atoms with van der Waals surface area (Å²) >= 11 is 1.32. The molecule has 2 N–H and O–H groups in total. The molecule has 2 aliphatic rings. The van der Waals surface area contributed by atoms with Crippen LogP contribution in [0.15, 0.2) is 12.1 Å². The monoisotopic (exact) mass is 308 g/mol. The number of nitrogens with one attached hydrogen (secondary N) is 1. The van der Waals surface area contributed by atoms with Gasteiger partial charge < -0.3 is 15.3 Å². The molecule has 1 aromatic heterocycles. The number of rotatable bonds is 3. The molecule has 114 valence electrons. The fraction of sp³-hybridized carbons (Fsp3) is 0.600. The van der Waals surface area contributed by atoms with Crippen molar-refractivity contribution in [2.24, 2.45) is 11.8 Å². The van der Waals surface area contributed by atoms with Crippen LogP contribution in [0.3, 0.4) is 0 Å². The second kappa shape index (κ2) is 5.77. The van der Waals surface area contributed by atoms with Gasteiger partial charge in [-0.1, -0.05) is 6.92 Å². The molecule has 21 heavy (non-hydrogen) atoms. The lowest BCUT2D eigenvalue weighted by atomic mass is 9.97. The lowest BCUT2D eigenvalue weighted by Gasteiger charge is -2.34.